The van der Waals surface area contributed by atoms with Gasteiger partial charge in [-0.15, -0.1) is 0 Å². The lowest BCUT2D eigenvalue weighted by atomic mass is 10.0. The maximum Gasteiger partial charge on any atom is 0.254 e. The van der Waals surface area contributed by atoms with E-state index < -0.39 is 11.8 Å². The molecule has 0 spiro atoms. The highest BCUT2D eigenvalue weighted by Crippen LogP contribution is 2.31. The maximum atomic E-state index is 12.7. The number of benzene rings is 2. The Morgan fingerprint density at radius 3 is 2.45 bits per heavy atom. The zero-order valence-corrected chi connectivity index (χ0v) is 21.4. The van der Waals surface area contributed by atoms with Crippen molar-refractivity contribution in [3.63, 3.8) is 0 Å². The van der Waals surface area contributed by atoms with Crippen molar-refractivity contribution in [1.82, 2.24) is 15.2 Å². The van der Waals surface area contributed by atoms with Gasteiger partial charge in [-0.25, -0.2) is 4.98 Å². The summed E-state index contributed by atoms with van der Waals surface area (Å²) in [5.74, 6) is -1.49. The van der Waals surface area contributed by atoms with Crippen LogP contribution in [-0.4, -0.2) is 60.4 Å². The predicted octanol–water partition coefficient (Wildman–Crippen LogP) is 2.24. The molecule has 0 atom stereocenters. The molecule has 2 aromatic carbocycles. The van der Waals surface area contributed by atoms with Gasteiger partial charge in [-0.2, -0.15) is 0 Å². The van der Waals surface area contributed by atoms with Gasteiger partial charge in [-0.05, 0) is 59.2 Å². The number of pyridine rings is 1. The fourth-order valence-corrected chi connectivity index (χ4v) is 3.95. The summed E-state index contributed by atoms with van der Waals surface area (Å²) in [4.78, 5) is 30.5. The number of ether oxygens (including phenoxy) is 2. The first-order chi connectivity index (χ1) is 18.2. The number of nitrogen functional groups attached to an aromatic ring is 1. The van der Waals surface area contributed by atoms with Crippen LogP contribution in [0, 0.1) is 0 Å². The first-order valence-corrected chi connectivity index (χ1v) is 12.3. The molecule has 0 bridgehead atoms. The van der Waals surface area contributed by atoms with E-state index in [9.17, 15) is 9.59 Å². The molecule has 0 aliphatic carbocycles. The van der Waals surface area contributed by atoms with E-state index in [2.05, 4.69) is 10.3 Å². The van der Waals surface area contributed by atoms with Crippen molar-refractivity contribution in [3.05, 3.63) is 83.0 Å². The Balaban J connectivity index is 1.33. The number of aromatic nitrogens is 1. The van der Waals surface area contributed by atoms with Crippen LogP contribution in [0.4, 0.5) is 5.82 Å². The van der Waals surface area contributed by atoms with E-state index in [1.165, 1.54) is 6.08 Å². The van der Waals surface area contributed by atoms with E-state index in [1.807, 2.05) is 12.1 Å². The third-order valence-corrected chi connectivity index (χ3v) is 6.07. The van der Waals surface area contributed by atoms with Gasteiger partial charge >= 0.3 is 0 Å². The Morgan fingerprint density at radius 1 is 1.08 bits per heavy atom. The number of carbonyl (C=O) groups is 2. The van der Waals surface area contributed by atoms with Crippen LogP contribution in [0.2, 0.25) is 5.02 Å². The first kappa shape index (κ1) is 27.1. The Bertz CT molecular complexity index is 1310. The summed E-state index contributed by atoms with van der Waals surface area (Å²) < 4.78 is 11.0. The third kappa shape index (κ3) is 7.30. The van der Waals surface area contributed by atoms with Crippen LogP contribution in [0.25, 0.3) is 17.2 Å². The molecule has 38 heavy (non-hydrogen) atoms. The minimum absolute atomic E-state index is 0.0197. The van der Waals surface area contributed by atoms with E-state index in [1.54, 1.807) is 59.6 Å². The Morgan fingerprint density at radius 2 is 1.79 bits per heavy atom. The number of hydrogen-bond acceptors (Lipinski definition) is 8. The molecule has 4 rings (SSSR count). The zero-order valence-electron chi connectivity index (χ0n) is 20.6. The first-order valence-electron chi connectivity index (χ1n) is 11.9. The van der Waals surface area contributed by atoms with Crippen LogP contribution >= 0.6 is 11.6 Å². The Hall–Kier alpha value is -3.96. The van der Waals surface area contributed by atoms with Crippen molar-refractivity contribution in [1.29, 1.82) is 0 Å². The topological polar surface area (TPSA) is 159 Å². The Labute approximate surface area is 225 Å². The van der Waals surface area contributed by atoms with Crippen molar-refractivity contribution >= 4 is 35.3 Å². The second kappa shape index (κ2) is 12.1. The van der Waals surface area contributed by atoms with Gasteiger partial charge < -0.3 is 25.4 Å². The van der Waals surface area contributed by atoms with Crippen molar-refractivity contribution in [2.45, 2.75) is 5.85 Å². The van der Waals surface area contributed by atoms with E-state index >= 15 is 0 Å². The van der Waals surface area contributed by atoms with Gasteiger partial charge in [-0.3, -0.25) is 21.1 Å². The lowest BCUT2D eigenvalue weighted by molar-refractivity contribution is -0.117. The molecule has 0 saturated carbocycles. The van der Waals surface area contributed by atoms with Gasteiger partial charge in [0.05, 0.1) is 24.8 Å². The molecule has 1 fully saturated rings. The highest BCUT2D eigenvalue weighted by atomic mass is 35.5. The van der Waals surface area contributed by atoms with Gasteiger partial charge in [0.25, 0.3) is 5.91 Å². The summed E-state index contributed by atoms with van der Waals surface area (Å²) in [6.45, 7) is 2.10. The molecule has 0 radical (unpaired) electrons. The van der Waals surface area contributed by atoms with Crippen molar-refractivity contribution < 1.29 is 19.1 Å². The van der Waals surface area contributed by atoms with Crippen molar-refractivity contribution in [2.75, 3.05) is 38.6 Å². The molecular weight excluding hydrogens is 508 g/mol. The van der Waals surface area contributed by atoms with Crippen LogP contribution in [-0.2, 0) is 9.53 Å². The average molecular weight is 537 g/mol. The van der Waals surface area contributed by atoms with Crippen LogP contribution in [0.1, 0.15) is 15.9 Å². The van der Waals surface area contributed by atoms with Crippen molar-refractivity contribution in [3.8, 4) is 16.9 Å². The van der Waals surface area contributed by atoms with Gasteiger partial charge in [0.2, 0.25) is 11.8 Å². The monoisotopic (exact) mass is 536 g/mol. The summed E-state index contributed by atoms with van der Waals surface area (Å²) in [5, 5.41) is 2.88. The second-order valence-corrected chi connectivity index (χ2v) is 9.16. The quantitative estimate of drug-likeness (QED) is 0.252. The molecule has 1 saturated heterocycles. The number of anilines is 1. The number of morpholine rings is 1. The predicted molar refractivity (Wildman–Crippen MR) is 146 cm³/mol. The third-order valence-electron chi connectivity index (χ3n) is 5.77. The smallest absolute Gasteiger partial charge is 0.254 e. The van der Waals surface area contributed by atoms with E-state index in [-0.39, 0.29) is 18.2 Å². The van der Waals surface area contributed by atoms with Gasteiger partial charge in [0, 0.05) is 30.9 Å². The van der Waals surface area contributed by atoms with Crippen LogP contribution < -0.4 is 27.3 Å². The number of halogens is 1. The summed E-state index contributed by atoms with van der Waals surface area (Å²) >= 11 is 6.44. The summed E-state index contributed by atoms with van der Waals surface area (Å²) in [5.41, 5.74) is 20.6. The number of nitrogens with zero attached hydrogens (tertiary/aromatic N) is 2. The van der Waals surface area contributed by atoms with Gasteiger partial charge in [-0.1, -0.05) is 29.8 Å². The molecule has 0 unspecified atom stereocenters. The fourth-order valence-electron chi connectivity index (χ4n) is 3.73. The second-order valence-electron chi connectivity index (χ2n) is 8.75. The molecule has 10 nitrogen and oxygen atoms in total. The standard InChI is InChI=1S/C27H29ClN6O4/c28-22-15-21(19-3-5-20(6-4-19)26(36)34-11-13-37-14-12-34)7-8-23(22)38-27(30,31)17-33-25(35)10-2-18-1-9-24(29)32-16-18/h1-10,15-16H,11-14,17,30-31H2,(H2,29,32)(H,33,35). The lowest BCUT2D eigenvalue weighted by Crippen LogP contribution is -2.61. The average Bonchev–Trinajstić information content (AvgIpc) is 2.93. The molecule has 2 amide bonds. The fraction of sp³-hybridized carbons (Fsp3) is 0.222. The number of rotatable bonds is 8. The molecule has 3 aromatic rings. The molecule has 198 valence electrons. The van der Waals surface area contributed by atoms with E-state index in [0.717, 1.165) is 11.1 Å². The Kier molecular flexibility index (Phi) is 8.59. The SMILES string of the molecule is Nc1ccc(C=CC(=O)NCC(N)(N)Oc2ccc(-c3ccc(C(=O)N4CCOCC4)cc3)cc2Cl)cn1. The zero-order chi connectivity index (χ0) is 27.1. The molecule has 1 aliphatic rings. The molecule has 11 heteroatoms. The number of carbonyl (C=O) groups excluding carboxylic acids is 2. The molecule has 2 heterocycles. The minimum Gasteiger partial charge on any atom is -0.457 e. The summed E-state index contributed by atoms with van der Waals surface area (Å²) in [6, 6.07) is 15.8. The normalized spacial score (nSPS) is 13.9. The van der Waals surface area contributed by atoms with Gasteiger partial charge in [0.1, 0.15) is 11.6 Å². The van der Waals surface area contributed by atoms with Crippen LogP contribution in [0.3, 0.4) is 0 Å². The lowest BCUT2D eigenvalue weighted by Gasteiger charge is -2.27. The molecule has 1 aliphatic heterocycles. The highest BCUT2D eigenvalue weighted by Gasteiger charge is 2.23. The molecular formula is C27H29ClN6O4. The summed E-state index contributed by atoms with van der Waals surface area (Å²) in [6.07, 6.45) is 4.45. The van der Waals surface area contributed by atoms with Crippen LogP contribution in [0.15, 0.2) is 66.9 Å². The molecule has 7 N–H and O–H groups in total. The van der Waals surface area contributed by atoms with E-state index in [4.69, 9.17) is 38.3 Å². The van der Waals surface area contributed by atoms with Crippen molar-refractivity contribution in [2.24, 2.45) is 11.5 Å². The molecule has 1 aromatic heterocycles. The number of nitrogens with one attached hydrogen (secondary N) is 1. The number of amides is 2. The number of nitrogens with two attached hydrogens (primary N) is 3. The largest absolute Gasteiger partial charge is 0.457 e. The number of hydrogen-bond donors (Lipinski definition) is 4. The maximum absolute atomic E-state index is 12.7. The highest BCUT2D eigenvalue weighted by molar-refractivity contribution is 6.32. The van der Waals surface area contributed by atoms with Crippen LogP contribution in [0.5, 0.6) is 5.75 Å². The van der Waals surface area contributed by atoms with Gasteiger partial charge in [0.15, 0.2) is 0 Å². The van der Waals surface area contributed by atoms with E-state index in [0.29, 0.717) is 48.3 Å². The minimum atomic E-state index is -1.71. The summed E-state index contributed by atoms with van der Waals surface area (Å²) in [7, 11) is 0.